The van der Waals surface area contributed by atoms with Crippen LogP contribution in [0.15, 0.2) is 138 Å². The molecule has 5 aromatic carbocycles. The van der Waals surface area contributed by atoms with Crippen molar-refractivity contribution in [3.8, 4) is 0 Å². The minimum absolute atomic E-state index is 0.117. The molecule has 0 aliphatic carbocycles. The molecule has 0 aliphatic heterocycles. The van der Waals surface area contributed by atoms with E-state index in [9.17, 15) is 14.4 Å². The second-order valence-corrected chi connectivity index (χ2v) is 13.1. The van der Waals surface area contributed by atoms with Gasteiger partial charge in [0.1, 0.15) is 10.9 Å². The summed E-state index contributed by atoms with van der Waals surface area (Å²) >= 11 is 1.43. The predicted molar refractivity (Wildman–Crippen MR) is 197 cm³/mol. The fraction of sp³-hybridized carbons (Fsp3) is 0.146. The molecule has 5 aromatic rings. The van der Waals surface area contributed by atoms with Gasteiger partial charge in [-0.3, -0.25) is 14.4 Å². The summed E-state index contributed by atoms with van der Waals surface area (Å²) in [6, 6.07) is 39.6. The van der Waals surface area contributed by atoms with Crippen LogP contribution in [0.2, 0.25) is 0 Å². The number of benzene rings is 5. The Balaban J connectivity index is 1.33. The average Bonchev–Trinajstić information content (AvgIpc) is 3.10. The Labute approximate surface area is 286 Å². The van der Waals surface area contributed by atoms with Gasteiger partial charge in [-0.15, -0.1) is 11.8 Å². The molecule has 48 heavy (non-hydrogen) atoms. The lowest BCUT2D eigenvalue weighted by Crippen LogP contribution is -2.30. The first-order valence-corrected chi connectivity index (χ1v) is 16.7. The van der Waals surface area contributed by atoms with E-state index >= 15 is 0 Å². The third-order valence-corrected chi connectivity index (χ3v) is 9.19. The topological polar surface area (TPSA) is 87.3 Å². The second kappa shape index (κ2) is 15.9. The number of carbonyl (C=O) groups excluding carboxylic acids is 3. The molecule has 0 aliphatic rings. The van der Waals surface area contributed by atoms with Crippen molar-refractivity contribution in [3.05, 3.63) is 166 Å². The molecule has 0 saturated carbocycles. The molecule has 3 amide bonds. The molecule has 7 heteroatoms. The molecule has 1 unspecified atom stereocenters. The number of hydrogen-bond acceptors (Lipinski definition) is 4. The monoisotopic (exact) mass is 653 g/mol. The van der Waals surface area contributed by atoms with Crippen molar-refractivity contribution in [3.63, 3.8) is 0 Å². The Morgan fingerprint density at radius 2 is 1.27 bits per heavy atom. The Bertz CT molecular complexity index is 1900. The molecule has 242 valence electrons. The van der Waals surface area contributed by atoms with Gasteiger partial charge in [-0.25, -0.2) is 0 Å². The Kier molecular flexibility index (Phi) is 11.3. The Morgan fingerprint density at radius 3 is 1.90 bits per heavy atom. The summed E-state index contributed by atoms with van der Waals surface area (Å²) in [7, 11) is 0. The molecule has 0 bridgehead atoms. The summed E-state index contributed by atoms with van der Waals surface area (Å²) in [6.07, 6.45) is 1.67. The van der Waals surface area contributed by atoms with Gasteiger partial charge in [-0.05, 0) is 102 Å². The van der Waals surface area contributed by atoms with Crippen LogP contribution in [0.4, 0.5) is 11.4 Å². The summed E-state index contributed by atoms with van der Waals surface area (Å²) in [5.74, 6) is -0.590. The molecule has 1 atom stereocenters. The minimum Gasteiger partial charge on any atom is -0.325 e. The van der Waals surface area contributed by atoms with Crippen molar-refractivity contribution >= 4 is 46.9 Å². The average molecular weight is 654 g/mol. The summed E-state index contributed by atoms with van der Waals surface area (Å²) in [5.41, 5.74) is 6.99. The lowest BCUT2D eigenvalue weighted by Gasteiger charge is -2.18. The van der Waals surface area contributed by atoms with Gasteiger partial charge in [0.2, 0.25) is 5.91 Å². The molecular formula is C41H39N3O3S. The first kappa shape index (κ1) is 33.9. The van der Waals surface area contributed by atoms with E-state index in [0.29, 0.717) is 17.2 Å². The van der Waals surface area contributed by atoms with E-state index in [1.165, 1.54) is 17.3 Å². The number of hydrogen-bond donors (Lipinski definition) is 3. The Hall–Kier alpha value is -5.40. The third-order valence-electron chi connectivity index (χ3n) is 7.92. The maximum atomic E-state index is 13.6. The van der Waals surface area contributed by atoms with Crippen LogP contribution in [0.3, 0.4) is 0 Å². The highest BCUT2D eigenvalue weighted by Crippen LogP contribution is 2.37. The maximum absolute atomic E-state index is 13.6. The number of nitrogens with one attached hydrogen (secondary N) is 3. The zero-order valence-electron chi connectivity index (χ0n) is 27.5. The zero-order chi connectivity index (χ0) is 34.0. The molecule has 0 aromatic heterocycles. The SMILES string of the molecule is Cc1ccc(NC(=O)C(Sc2ccc(NC(=O)/C(=C/c3ccc(C(C)C)cc3)NC(=O)c3ccccc3)cc2)c2ccccc2)cc1C. The van der Waals surface area contributed by atoms with Crippen LogP contribution < -0.4 is 16.0 Å². The molecule has 6 nitrogen and oxygen atoms in total. The highest BCUT2D eigenvalue weighted by atomic mass is 32.2. The van der Waals surface area contributed by atoms with Gasteiger partial charge in [0.15, 0.2) is 0 Å². The smallest absolute Gasteiger partial charge is 0.272 e. The zero-order valence-corrected chi connectivity index (χ0v) is 28.3. The lowest BCUT2D eigenvalue weighted by molar-refractivity contribution is -0.116. The van der Waals surface area contributed by atoms with E-state index in [-0.39, 0.29) is 17.5 Å². The van der Waals surface area contributed by atoms with Crippen molar-refractivity contribution in [2.24, 2.45) is 0 Å². The van der Waals surface area contributed by atoms with E-state index in [4.69, 9.17) is 0 Å². The van der Waals surface area contributed by atoms with E-state index in [0.717, 1.165) is 32.8 Å². The van der Waals surface area contributed by atoms with E-state index in [1.54, 1.807) is 42.5 Å². The number of thioether (sulfide) groups is 1. The molecule has 3 N–H and O–H groups in total. The summed E-state index contributed by atoms with van der Waals surface area (Å²) in [4.78, 5) is 41.0. The molecular weight excluding hydrogens is 615 g/mol. The predicted octanol–water partition coefficient (Wildman–Crippen LogP) is 9.31. The van der Waals surface area contributed by atoms with Gasteiger partial charge in [0, 0.05) is 21.8 Å². The van der Waals surface area contributed by atoms with Gasteiger partial charge in [-0.2, -0.15) is 0 Å². The number of amides is 3. The molecule has 0 heterocycles. The highest BCUT2D eigenvalue weighted by Gasteiger charge is 2.23. The number of aryl methyl sites for hydroxylation is 2. The number of anilines is 2. The minimum atomic E-state index is -0.502. The largest absolute Gasteiger partial charge is 0.325 e. The van der Waals surface area contributed by atoms with E-state index < -0.39 is 11.2 Å². The van der Waals surface area contributed by atoms with Crippen LogP contribution >= 0.6 is 11.8 Å². The van der Waals surface area contributed by atoms with Crippen LogP contribution in [0, 0.1) is 13.8 Å². The highest BCUT2D eigenvalue weighted by molar-refractivity contribution is 8.00. The Morgan fingerprint density at radius 1 is 0.646 bits per heavy atom. The van der Waals surface area contributed by atoms with E-state index in [1.807, 2.05) is 105 Å². The molecule has 0 spiro atoms. The van der Waals surface area contributed by atoms with Gasteiger partial charge in [0.25, 0.3) is 11.8 Å². The van der Waals surface area contributed by atoms with Crippen LogP contribution in [0.5, 0.6) is 0 Å². The first-order valence-electron chi connectivity index (χ1n) is 15.9. The van der Waals surface area contributed by atoms with Crippen molar-refractivity contribution in [2.45, 2.75) is 43.8 Å². The molecule has 0 saturated heterocycles. The summed E-state index contributed by atoms with van der Waals surface area (Å²) < 4.78 is 0. The molecule has 0 radical (unpaired) electrons. The summed E-state index contributed by atoms with van der Waals surface area (Å²) in [6.45, 7) is 8.31. The van der Waals surface area contributed by atoms with Crippen LogP contribution in [-0.4, -0.2) is 17.7 Å². The second-order valence-electron chi connectivity index (χ2n) is 11.9. The first-order chi connectivity index (χ1) is 23.2. The van der Waals surface area contributed by atoms with Crippen LogP contribution in [-0.2, 0) is 9.59 Å². The van der Waals surface area contributed by atoms with Gasteiger partial charge in [0.05, 0.1) is 0 Å². The molecule has 5 rings (SSSR count). The van der Waals surface area contributed by atoms with Crippen molar-refractivity contribution in [2.75, 3.05) is 10.6 Å². The van der Waals surface area contributed by atoms with Crippen LogP contribution in [0.1, 0.15) is 63.2 Å². The van der Waals surface area contributed by atoms with Gasteiger partial charge in [-0.1, -0.05) is 92.7 Å². The standard InChI is InChI=1S/C41H39N3O3S/c1-27(2)31-18-16-30(17-19-31)26-37(44-39(45)33-13-9-6-10-14-33)40(46)42-34-21-23-36(24-22-34)48-38(32-11-7-5-8-12-32)41(47)43-35-20-15-28(3)29(4)25-35/h5-27,38H,1-4H3,(H,42,46)(H,43,47)(H,44,45)/b37-26-. The van der Waals surface area contributed by atoms with Crippen molar-refractivity contribution in [1.29, 1.82) is 0 Å². The number of rotatable bonds is 11. The summed E-state index contributed by atoms with van der Waals surface area (Å²) in [5, 5.41) is 8.29. The molecule has 0 fully saturated rings. The quantitative estimate of drug-likeness (QED) is 0.0980. The lowest BCUT2D eigenvalue weighted by atomic mass is 10.0. The van der Waals surface area contributed by atoms with Crippen molar-refractivity contribution in [1.82, 2.24) is 5.32 Å². The number of carbonyl (C=O) groups is 3. The van der Waals surface area contributed by atoms with Gasteiger partial charge < -0.3 is 16.0 Å². The van der Waals surface area contributed by atoms with Crippen LogP contribution in [0.25, 0.3) is 6.08 Å². The van der Waals surface area contributed by atoms with Gasteiger partial charge >= 0.3 is 0 Å². The fourth-order valence-corrected chi connectivity index (χ4v) is 5.99. The van der Waals surface area contributed by atoms with Crippen molar-refractivity contribution < 1.29 is 14.4 Å². The fourth-order valence-electron chi connectivity index (χ4n) is 4.97. The van der Waals surface area contributed by atoms with E-state index in [2.05, 4.69) is 29.8 Å². The maximum Gasteiger partial charge on any atom is 0.272 e. The normalized spacial score (nSPS) is 11.9. The third kappa shape index (κ3) is 9.11.